The van der Waals surface area contributed by atoms with E-state index in [-0.39, 0.29) is 12.5 Å². The van der Waals surface area contributed by atoms with Crippen molar-refractivity contribution in [2.75, 3.05) is 20.3 Å². The summed E-state index contributed by atoms with van der Waals surface area (Å²) < 4.78 is 12.8. The zero-order valence-corrected chi connectivity index (χ0v) is 15.5. The second-order valence-electron chi connectivity index (χ2n) is 6.31. The number of carbonyl (C=O) groups excluding carboxylic acids is 1. The Labute approximate surface area is 161 Å². The number of rotatable bonds is 7. The van der Waals surface area contributed by atoms with Gasteiger partial charge in [-0.05, 0) is 18.2 Å². The SMILES string of the molecule is COCCNC(=O)Cn1cc(-c2nnc(-c3ccccc3)o2)c2ccccc21. The summed E-state index contributed by atoms with van der Waals surface area (Å²) >= 11 is 0. The molecule has 1 N–H and O–H groups in total. The van der Waals surface area contributed by atoms with Gasteiger partial charge < -0.3 is 19.0 Å². The van der Waals surface area contributed by atoms with Crippen LogP contribution < -0.4 is 5.32 Å². The standard InChI is InChI=1S/C21H20N4O3/c1-27-12-11-22-19(26)14-25-13-17(16-9-5-6-10-18(16)25)21-24-23-20(28-21)15-7-3-2-4-8-15/h2-10,13H,11-12,14H2,1H3,(H,22,26). The number of nitrogens with zero attached hydrogens (tertiary/aromatic N) is 3. The van der Waals surface area contributed by atoms with Crippen LogP contribution in [0.5, 0.6) is 0 Å². The summed E-state index contributed by atoms with van der Waals surface area (Å²) in [7, 11) is 1.60. The minimum absolute atomic E-state index is 0.0835. The molecule has 1 amide bonds. The Morgan fingerprint density at radius 3 is 2.64 bits per heavy atom. The maximum absolute atomic E-state index is 12.2. The number of carbonyl (C=O) groups is 1. The molecular formula is C21H20N4O3. The van der Waals surface area contributed by atoms with Gasteiger partial charge in [-0.1, -0.05) is 36.4 Å². The van der Waals surface area contributed by atoms with Gasteiger partial charge in [0.05, 0.1) is 12.2 Å². The number of aromatic nitrogens is 3. The molecule has 0 fully saturated rings. The minimum Gasteiger partial charge on any atom is -0.416 e. The lowest BCUT2D eigenvalue weighted by Crippen LogP contribution is -2.30. The summed E-state index contributed by atoms with van der Waals surface area (Å²) in [5.41, 5.74) is 2.59. The molecule has 4 rings (SSSR count). The Balaban J connectivity index is 1.65. The van der Waals surface area contributed by atoms with E-state index in [0.717, 1.165) is 22.0 Å². The van der Waals surface area contributed by atoms with Gasteiger partial charge in [0.2, 0.25) is 17.7 Å². The summed E-state index contributed by atoms with van der Waals surface area (Å²) in [6.07, 6.45) is 1.88. The van der Waals surface area contributed by atoms with Crippen LogP contribution >= 0.6 is 0 Å². The van der Waals surface area contributed by atoms with Crippen LogP contribution in [0, 0.1) is 0 Å². The molecule has 0 aliphatic heterocycles. The molecule has 0 radical (unpaired) electrons. The molecule has 0 saturated carbocycles. The quantitative estimate of drug-likeness (QED) is 0.501. The van der Waals surface area contributed by atoms with E-state index in [1.54, 1.807) is 7.11 Å². The average molecular weight is 376 g/mol. The zero-order valence-electron chi connectivity index (χ0n) is 15.5. The Morgan fingerprint density at radius 2 is 1.82 bits per heavy atom. The fourth-order valence-corrected chi connectivity index (χ4v) is 3.08. The van der Waals surface area contributed by atoms with Crippen molar-refractivity contribution in [1.29, 1.82) is 0 Å². The molecule has 4 aromatic rings. The van der Waals surface area contributed by atoms with E-state index in [2.05, 4.69) is 15.5 Å². The van der Waals surface area contributed by atoms with E-state index in [0.29, 0.717) is 24.9 Å². The van der Waals surface area contributed by atoms with Crippen molar-refractivity contribution in [2.24, 2.45) is 0 Å². The highest BCUT2D eigenvalue weighted by atomic mass is 16.5. The Bertz CT molecular complexity index is 1090. The van der Waals surface area contributed by atoms with Gasteiger partial charge in [-0.2, -0.15) is 0 Å². The van der Waals surface area contributed by atoms with E-state index >= 15 is 0 Å². The van der Waals surface area contributed by atoms with Crippen LogP contribution in [-0.2, 0) is 16.1 Å². The van der Waals surface area contributed by atoms with Crippen LogP contribution in [0.15, 0.2) is 65.2 Å². The monoisotopic (exact) mass is 376 g/mol. The first kappa shape index (κ1) is 17.9. The van der Waals surface area contributed by atoms with E-state index < -0.39 is 0 Å². The Hall–Kier alpha value is -3.45. The number of hydrogen-bond donors (Lipinski definition) is 1. The van der Waals surface area contributed by atoms with Gasteiger partial charge in [0, 0.05) is 36.3 Å². The molecule has 0 spiro atoms. The summed E-state index contributed by atoms with van der Waals surface area (Å²) in [5, 5.41) is 12.2. The fourth-order valence-electron chi connectivity index (χ4n) is 3.08. The average Bonchev–Trinajstić information content (AvgIpc) is 3.34. The van der Waals surface area contributed by atoms with Crippen molar-refractivity contribution in [3.63, 3.8) is 0 Å². The number of para-hydroxylation sites is 1. The third-order valence-electron chi connectivity index (χ3n) is 4.41. The molecule has 0 saturated heterocycles. The molecule has 7 heteroatoms. The highest BCUT2D eigenvalue weighted by Crippen LogP contribution is 2.31. The molecule has 0 bridgehead atoms. The van der Waals surface area contributed by atoms with Crippen molar-refractivity contribution in [1.82, 2.24) is 20.1 Å². The smallest absolute Gasteiger partial charge is 0.250 e. The lowest BCUT2D eigenvalue weighted by molar-refractivity contribution is -0.121. The van der Waals surface area contributed by atoms with Gasteiger partial charge in [0.1, 0.15) is 6.54 Å². The molecule has 2 aromatic carbocycles. The van der Waals surface area contributed by atoms with Crippen LogP contribution in [0.2, 0.25) is 0 Å². The summed E-state index contributed by atoms with van der Waals surface area (Å²) in [6.45, 7) is 1.16. The summed E-state index contributed by atoms with van der Waals surface area (Å²) in [6, 6.07) is 17.5. The van der Waals surface area contributed by atoms with Crippen molar-refractivity contribution in [3.8, 4) is 22.9 Å². The maximum Gasteiger partial charge on any atom is 0.250 e. The molecule has 2 heterocycles. The molecule has 28 heavy (non-hydrogen) atoms. The lowest BCUT2D eigenvalue weighted by atomic mass is 10.2. The van der Waals surface area contributed by atoms with Gasteiger partial charge in [-0.25, -0.2) is 0 Å². The number of nitrogens with one attached hydrogen (secondary N) is 1. The second kappa shape index (κ2) is 8.06. The molecule has 0 aliphatic rings. The van der Waals surface area contributed by atoms with Gasteiger partial charge >= 0.3 is 0 Å². The van der Waals surface area contributed by atoms with Crippen molar-refractivity contribution in [3.05, 3.63) is 60.8 Å². The highest BCUT2D eigenvalue weighted by molar-refractivity contribution is 5.95. The molecule has 0 atom stereocenters. The number of benzene rings is 2. The van der Waals surface area contributed by atoms with E-state index in [1.807, 2.05) is 65.4 Å². The fraction of sp³-hybridized carbons (Fsp3) is 0.190. The van der Waals surface area contributed by atoms with Gasteiger partial charge in [0.15, 0.2) is 0 Å². The van der Waals surface area contributed by atoms with Crippen LogP contribution in [-0.4, -0.2) is 40.9 Å². The first-order valence-corrected chi connectivity index (χ1v) is 8.99. The number of hydrogen-bond acceptors (Lipinski definition) is 5. The zero-order chi connectivity index (χ0) is 19.3. The molecular weight excluding hydrogens is 356 g/mol. The van der Waals surface area contributed by atoms with Crippen LogP contribution in [0.3, 0.4) is 0 Å². The number of ether oxygens (including phenoxy) is 1. The number of methoxy groups -OCH3 is 1. The van der Waals surface area contributed by atoms with Crippen LogP contribution in [0.25, 0.3) is 33.8 Å². The third kappa shape index (κ3) is 3.65. The second-order valence-corrected chi connectivity index (χ2v) is 6.31. The predicted octanol–water partition coefficient (Wildman–Crippen LogP) is 3.12. The Kier molecular flexibility index (Phi) is 5.16. The summed E-state index contributed by atoms with van der Waals surface area (Å²) in [4.78, 5) is 12.2. The van der Waals surface area contributed by atoms with Crippen molar-refractivity contribution in [2.45, 2.75) is 6.54 Å². The Morgan fingerprint density at radius 1 is 1.07 bits per heavy atom. The minimum atomic E-state index is -0.0835. The largest absolute Gasteiger partial charge is 0.416 e. The van der Waals surface area contributed by atoms with E-state index in [9.17, 15) is 4.79 Å². The van der Waals surface area contributed by atoms with Crippen LogP contribution in [0.1, 0.15) is 0 Å². The molecule has 142 valence electrons. The molecule has 7 nitrogen and oxygen atoms in total. The molecule has 0 unspecified atom stereocenters. The predicted molar refractivity (Wildman–Crippen MR) is 106 cm³/mol. The van der Waals surface area contributed by atoms with Crippen LogP contribution in [0.4, 0.5) is 0 Å². The number of amides is 1. The third-order valence-corrected chi connectivity index (χ3v) is 4.41. The normalized spacial score (nSPS) is 11.0. The maximum atomic E-state index is 12.2. The highest BCUT2D eigenvalue weighted by Gasteiger charge is 2.17. The first-order chi connectivity index (χ1) is 13.8. The van der Waals surface area contributed by atoms with Crippen molar-refractivity contribution >= 4 is 16.8 Å². The first-order valence-electron chi connectivity index (χ1n) is 8.99. The summed E-state index contributed by atoms with van der Waals surface area (Å²) in [5.74, 6) is 0.804. The topological polar surface area (TPSA) is 82.2 Å². The van der Waals surface area contributed by atoms with Gasteiger partial charge in [-0.15, -0.1) is 10.2 Å². The van der Waals surface area contributed by atoms with E-state index in [1.165, 1.54) is 0 Å². The van der Waals surface area contributed by atoms with E-state index in [4.69, 9.17) is 9.15 Å². The molecule has 0 aliphatic carbocycles. The van der Waals surface area contributed by atoms with Crippen molar-refractivity contribution < 1.29 is 13.9 Å². The molecule has 2 aromatic heterocycles. The van der Waals surface area contributed by atoms with Gasteiger partial charge in [-0.3, -0.25) is 4.79 Å². The lowest BCUT2D eigenvalue weighted by Gasteiger charge is -2.06. The van der Waals surface area contributed by atoms with Gasteiger partial charge in [0.25, 0.3) is 0 Å². The number of fused-ring (bicyclic) bond motifs is 1.